The van der Waals surface area contributed by atoms with Crippen LogP contribution in [0.25, 0.3) is 11.3 Å². The number of carbonyl (C=O) groups is 2. The monoisotopic (exact) mass is 545 g/mol. The fourth-order valence-corrected chi connectivity index (χ4v) is 5.90. The molecule has 3 aliphatic rings. The smallest absolute Gasteiger partial charge is 0.261 e. The zero-order valence-electron chi connectivity index (χ0n) is 20.8. The van der Waals surface area contributed by atoms with Crippen LogP contribution in [0.1, 0.15) is 17.3 Å². The Hall–Kier alpha value is -3.01. The van der Waals surface area contributed by atoms with Gasteiger partial charge < -0.3 is 29.4 Å². The second kappa shape index (κ2) is 10.0. The molecule has 1 aromatic carbocycles. The van der Waals surface area contributed by atoms with E-state index in [2.05, 4.69) is 30.4 Å². The molecule has 11 heteroatoms. The van der Waals surface area contributed by atoms with Gasteiger partial charge >= 0.3 is 0 Å². The van der Waals surface area contributed by atoms with Crippen molar-refractivity contribution < 1.29 is 19.4 Å². The maximum absolute atomic E-state index is 14.1. The van der Waals surface area contributed by atoms with Gasteiger partial charge in [-0.15, -0.1) is 0 Å². The Bertz CT molecular complexity index is 1250. The third kappa shape index (κ3) is 4.49. The van der Waals surface area contributed by atoms with E-state index in [0.717, 1.165) is 13.1 Å². The number of ether oxygens (including phenoxy) is 1. The lowest BCUT2D eigenvalue weighted by Crippen LogP contribution is -2.57. The normalized spacial score (nSPS) is 22.2. The van der Waals surface area contributed by atoms with Crippen LogP contribution in [-0.4, -0.2) is 102 Å². The Kier molecular flexibility index (Phi) is 6.95. The summed E-state index contributed by atoms with van der Waals surface area (Å²) in [7, 11) is 2.06. The predicted molar refractivity (Wildman–Crippen MR) is 143 cm³/mol. The van der Waals surface area contributed by atoms with Crippen LogP contribution in [0.15, 0.2) is 30.9 Å². The average Bonchev–Trinajstić information content (AvgIpc) is 3.01. The van der Waals surface area contributed by atoms with E-state index in [0.29, 0.717) is 37.6 Å². The number of anilines is 1. The summed E-state index contributed by atoms with van der Waals surface area (Å²) in [5, 5.41) is 11.1. The molecule has 3 aliphatic heterocycles. The van der Waals surface area contributed by atoms with E-state index in [1.54, 1.807) is 21.9 Å². The summed E-state index contributed by atoms with van der Waals surface area (Å²) in [6.45, 7) is 9.10. The van der Waals surface area contributed by atoms with Crippen LogP contribution in [0, 0.1) is 0 Å². The van der Waals surface area contributed by atoms with Crippen molar-refractivity contribution >= 4 is 40.8 Å². The summed E-state index contributed by atoms with van der Waals surface area (Å²) in [4.78, 5) is 39.0. The molecule has 1 N–H and O–H groups in total. The van der Waals surface area contributed by atoms with Gasteiger partial charge in [0.1, 0.15) is 34.5 Å². The summed E-state index contributed by atoms with van der Waals surface area (Å²) >= 11 is 13.4. The lowest BCUT2D eigenvalue weighted by atomic mass is 10.0. The van der Waals surface area contributed by atoms with Gasteiger partial charge in [-0.3, -0.25) is 9.59 Å². The topological polar surface area (TPSA) is 89.5 Å². The molecule has 2 aromatic rings. The van der Waals surface area contributed by atoms with Crippen molar-refractivity contribution in [3.8, 4) is 22.8 Å². The number of fused-ring (bicyclic) bond motifs is 2. The number of phenolic OH excluding ortho intramolecular Hbond substituents is 1. The van der Waals surface area contributed by atoms with Gasteiger partial charge in [0.2, 0.25) is 5.91 Å². The van der Waals surface area contributed by atoms with Gasteiger partial charge in [-0.1, -0.05) is 35.8 Å². The van der Waals surface area contributed by atoms with Crippen molar-refractivity contribution in [2.45, 2.75) is 19.0 Å². The number of benzene rings is 1. The van der Waals surface area contributed by atoms with Crippen molar-refractivity contribution in [3.63, 3.8) is 0 Å². The summed E-state index contributed by atoms with van der Waals surface area (Å²) in [5.41, 5.74) is 0.823. The first kappa shape index (κ1) is 25.6. The Labute approximate surface area is 225 Å². The van der Waals surface area contributed by atoms with Gasteiger partial charge in [0, 0.05) is 45.3 Å². The molecule has 0 bridgehead atoms. The highest BCUT2D eigenvalue weighted by molar-refractivity contribution is 6.38. The highest BCUT2D eigenvalue weighted by Crippen LogP contribution is 2.47. The summed E-state index contributed by atoms with van der Waals surface area (Å²) < 4.78 is 6.25. The minimum Gasteiger partial charge on any atom is -0.507 e. The van der Waals surface area contributed by atoms with Crippen LogP contribution in [-0.2, 0) is 4.79 Å². The Morgan fingerprint density at radius 1 is 1.16 bits per heavy atom. The van der Waals surface area contributed by atoms with Crippen molar-refractivity contribution in [2.75, 3.05) is 57.8 Å². The first-order valence-electron chi connectivity index (χ1n) is 12.2. The molecule has 2 fully saturated rings. The summed E-state index contributed by atoms with van der Waals surface area (Å²) in [6, 6.07) is 4.49. The molecular formula is C26H29Cl2N5O4. The maximum atomic E-state index is 14.1. The molecule has 196 valence electrons. The third-order valence-corrected chi connectivity index (χ3v) is 7.94. The summed E-state index contributed by atoms with van der Waals surface area (Å²) in [5.74, 6) is 0.165. The number of nitrogens with zero attached hydrogens (tertiary/aromatic N) is 5. The van der Waals surface area contributed by atoms with E-state index in [-0.39, 0.29) is 63.3 Å². The zero-order chi connectivity index (χ0) is 26.4. The molecule has 1 aromatic heterocycles. The number of hydrogen-bond acceptors (Lipinski definition) is 7. The van der Waals surface area contributed by atoms with Crippen LogP contribution in [0.4, 0.5) is 5.82 Å². The quantitative estimate of drug-likeness (QED) is 0.592. The molecule has 37 heavy (non-hydrogen) atoms. The number of carbonyl (C=O) groups excluding carboxylic acids is 2. The highest BCUT2D eigenvalue weighted by Gasteiger charge is 2.41. The predicted octanol–water partition coefficient (Wildman–Crippen LogP) is 3.13. The molecule has 4 heterocycles. The number of hydrogen-bond donors (Lipinski definition) is 1. The Morgan fingerprint density at radius 3 is 2.62 bits per heavy atom. The minimum absolute atomic E-state index is 0.0538. The lowest BCUT2D eigenvalue weighted by Gasteiger charge is -2.41. The molecule has 2 atom stereocenters. The number of amides is 2. The number of aromatic nitrogens is 1. The summed E-state index contributed by atoms with van der Waals surface area (Å²) in [6.07, 6.45) is 1.28. The fraction of sp³-hybridized carbons (Fsp3) is 0.423. The second-order valence-corrected chi connectivity index (χ2v) is 10.5. The molecule has 2 saturated heterocycles. The minimum atomic E-state index is -0.358. The van der Waals surface area contributed by atoms with E-state index < -0.39 is 0 Å². The van der Waals surface area contributed by atoms with Crippen LogP contribution in [0.3, 0.4) is 0 Å². The van der Waals surface area contributed by atoms with Crippen molar-refractivity contribution in [1.29, 1.82) is 0 Å². The van der Waals surface area contributed by atoms with Gasteiger partial charge in [-0.05, 0) is 32.2 Å². The lowest BCUT2D eigenvalue weighted by molar-refractivity contribution is -0.128. The number of halogens is 2. The molecule has 5 rings (SSSR count). The molecule has 2 amide bonds. The highest BCUT2D eigenvalue weighted by atomic mass is 35.5. The van der Waals surface area contributed by atoms with Crippen molar-refractivity contribution in [2.24, 2.45) is 0 Å². The largest absolute Gasteiger partial charge is 0.507 e. The van der Waals surface area contributed by atoms with Gasteiger partial charge in [0.15, 0.2) is 5.75 Å². The molecule has 0 aliphatic carbocycles. The third-order valence-electron chi connectivity index (χ3n) is 7.27. The first-order chi connectivity index (χ1) is 17.7. The number of piperazine rings is 2. The standard InChI is InChI=1S/C26H29Cl2N5O4/c1-4-19(35)31-9-11-33-16(13-31)14-37-24-21(26(33)36)25(32-10-8-30(3)12-15(32)2)29-23(22(24)28)20-17(27)6-5-7-18(20)34/h4-7,15-16,34H,1,8-14H2,2-3H3/t15-,16?/m0/s1. The van der Waals surface area contributed by atoms with Crippen LogP contribution in [0.5, 0.6) is 11.5 Å². The van der Waals surface area contributed by atoms with E-state index in [4.69, 9.17) is 32.9 Å². The molecule has 9 nitrogen and oxygen atoms in total. The van der Waals surface area contributed by atoms with E-state index in [1.807, 2.05) is 0 Å². The van der Waals surface area contributed by atoms with Crippen LogP contribution in [0.2, 0.25) is 10.0 Å². The fourth-order valence-electron chi connectivity index (χ4n) is 5.35. The number of rotatable bonds is 3. The second-order valence-electron chi connectivity index (χ2n) is 9.69. The van der Waals surface area contributed by atoms with Gasteiger partial charge in [-0.2, -0.15) is 0 Å². The molecule has 0 saturated carbocycles. The van der Waals surface area contributed by atoms with Gasteiger partial charge in [0.25, 0.3) is 5.91 Å². The molecule has 0 radical (unpaired) electrons. The number of pyridine rings is 1. The zero-order valence-corrected chi connectivity index (χ0v) is 22.3. The number of likely N-dealkylation sites (N-methyl/N-ethyl adjacent to an activating group) is 1. The number of phenols is 1. The average molecular weight is 546 g/mol. The maximum Gasteiger partial charge on any atom is 0.261 e. The van der Waals surface area contributed by atoms with Crippen LogP contribution >= 0.6 is 23.2 Å². The SMILES string of the molecule is C=CC(=O)N1CCN2C(=O)c3c(N4CCN(C)C[C@@H]4C)nc(-c4c(O)cccc4Cl)c(Cl)c3OCC2C1. The van der Waals surface area contributed by atoms with Gasteiger partial charge in [-0.25, -0.2) is 4.98 Å². The molecule has 0 spiro atoms. The van der Waals surface area contributed by atoms with E-state index in [9.17, 15) is 14.7 Å². The molecule has 1 unspecified atom stereocenters. The Morgan fingerprint density at radius 2 is 1.92 bits per heavy atom. The molecular weight excluding hydrogens is 517 g/mol. The van der Waals surface area contributed by atoms with Gasteiger partial charge in [0.05, 0.1) is 16.6 Å². The van der Waals surface area contributed by atoms with E-state index >= 15 is 0 Å². The van der Waals surface area contributed by atoms with Crippen molar-refractivity contribution in [1.82, 2.24) is 19.7 Å². The first-order valence-corrected chi connectivity index (χ1v) is 13.0. The van der Waals surface area contributed by atoms with E-state index in [1.165, 1.54) is 12.1 Å². The Balaban J connectivity index is 1.67. The van der Waals surface area contributed by atoms with Crippen LogP contribution < -0.4 is 9.64 Å². The van der Waals surface area contributed by atoms with Crippen molar-refractivity contribution in [3.05, 3.63) is 46.5 Å². The number of aromatic hydroxyl groups is 1.